The minimum absolute atomic E-state index is 0.0614. The van der Waals surface area contributed by atoms with Crippen molar-refractivity contribution in [3.63, 3.8) is 0 Å². The molecule has 2 fully saturated rings. The number of nitrogens with zero attached hydrogens (tertiary/aromatic N) is 1. The normalized spacial score (nSPS) is 20.1. The molecule has 0 N–H and O–H groups in total. The molecule has 2 aliphatic rings. The van der Waals surface area contributed by atoms with E-state index in [4.69, 9.17) is 9.47 Å². The SMILES string of the molecule is O=C(c1ccc(OC2CCCC2)cc1)N(Cc1cccs1)CC1CCCO1. The first-order valence-electron chi connectivity index (χ1n) is 9.98. The van der Waals surface area contributed by atoms with Crippen molar-refractivity contribution in [1.29, 1.82) is 0 Å². The van der Waals surface area contributed by atoms with Crippen molar-refractivity contribution in [3.05, 3.63) is 52.2 Å². The summed E-state index contributed by atoms with van der Waals surface area (Å²) in [6.45, 7) is 2.09. The maximum atomic E-state index is 13.1. The van der Waals surface area contributed by atoms with Crippen LogP contribution in [0, 0.1) is 0 Å². The number of carbonyl (C=O) groups is 1. The summed E-state index contributed by atoms with van der Waals surface area (Å²) in [5.41, 5.74) is 0.711. The Morgan fingerprint density at radius 2 is 1.93 bits per heavy atom. The van der Waals surface area contributed by atoms with Crippen LogP contribution in [0.5, 0.6) is 5.75 Å². The van der Waals surface area contributed by atoms with E-state index < -0.39 is 0 Å². The third-order valence-corrected chi connectivity index (χ3v) is 6.23. The van der Waals surface area contributed by atoms with Gasteiger partial charge in [0.15, 0.2) is 0 Å². The maximum Gasteiger partial charge on any atom is 0.254 e. The molecule has 5 heteroatoms. The van der Waals surface area contributed by atoms with Gasteiger partial charge in [0.05, 0.1) is 18.8 Å². The van der Waals surface area contributed by atoms with Crippen LogP contribution in [0.25, 0.3) is 0 Å². The van der Waals surface area contributed by atoms with Gasteiger partial charge in [0.25, 0.3) is 5.91 Å². The molecule has 1 amide bonds. The predicted molar refractivity (Wildman–Crippen MR) is 107 cm³/mol. The van der Waals surface area contributed by atoms with Gasteiger partial charge in [-0.25, -0.2) is 0 Å². The van der Waals surface area contributed by atoms with E-state index in [2.05, 4.69) is 11.4 Å². The van der Waals surface area contributed by atoms with Crippen LogP contribution in [-0.4, -0.2) is 36.2 Å². The van der Waals surface area contributed by atoms with E-state index in [9.17, 15) is 4.79 Å². The number of amides is 1. The number of hydrogen-bond acceptors (Lipinski definition) is 4. The monoisotopic (exact) mass is 385 g/mol. The summed E-state index contributed by atoms with van der Waals surface area (Å²) in [6.07, 6.45) is 7.37. The fraction of sp³-hybridized carbons (Fsp3) is 0.500. The van der Waals surface area contributed by atoms with Gasteiger partial charge in [-0.05, 0) is 74.2 Å². The van der Waals surface area contributed by atoms with Crippen molar-refractivity contribution in [3.8, 4) is 5.75 Å². The molecule has 144 valence electrons. The van der Waals surface area contributed by atoms with E-state index in [-0.39, 0.29) is 12.0 Å². The number of thiophene rings is 1. The van der Waals surface area contributed by atoms with Crippen LogP contribution < -0.4 is 4.74 Å². The third kappa shape index (κ3) is 4.90. The summed E-state index contributed by atoms with van der Waals surface area (Å²) >= 11 is 1.69. The topological polar surface area (TPSA) is 38.8 Å². The van der Waals surface area contributed by atoms with Gasteiger partial charge < -0.3 is 14.4 Å². The molecule has 0 radical (unpaired) electrons. The number of rotatable bonds is 7. The van der Waals surface area contributed by atoms with E-state index in [1.54, 1.807) is 11.3 Å². The molecule has 4 rings (SSSR count). The molecule has 1 aromatic heterocycles. The molecule has 27 heavy (non-hydrogen) atoms. The predicted octanol–water partition coefficient (Wildman–Crippen LogP) is 4.89. The maximum absolute atomic E-state index is 13.1. The lowest BCUT2D eigenvalue weighted by atomic mass is 10.1. The van der Waals surface area contributed by atoms with Gasteiger partial charge in [0.1, 0.15) is 5.75 Å². The molecule has 0 bridgehead atoms. The number of carbonyl (C=O) groups excluding carboxylic acids is 1. The van der Waals surface area contributed by atoms with Crippen LogP contribution in [0.1, 0.15) is 53.8 Å². The largest absolute Gasteiger partial charge is 0.490 e. The second-order valence-corrected chi connectivity index (χ2v) is 8.48. The zero-order valence-electron chi connectivity index (χ0n) is 15.6. The molecule has 0 spiro atoms. The average molecular weight is 386 g/mol. The first kappa shape index (κ1) is 18.5. The first-order chi connectivity index (χ1) is 13.3. The number of benzene rings is 1. The summed E-state index contributed by atoms with van der Waals surface area (Å²) < 4.78 is 11.8. The molecule has 1 aromatic carbocycles. The molecular formula is C22H27NO3S. The Balaban J connectivity index is 1.44. The lowest BCUT2D eigenvalue weighted by Gasteiger charge is -2.25. The van der Waals surface area contributed by atoms with Gasteiger partial charge in [-0.15, -0.1) is 11.3 Å². The summed E-state index contributed by atoms with van der Waals surface area (Å²) in [5.74, 6) is 0.925. The zero-order valence-corrected chi connectivity index (χ0v) is 16.5. The smallest absolute Gasteiger partial charge is 0.254 e. The molecule has 1 saturated heterocycles. The first-order valence-corrected chi connectivity index (χ1v) is 10.9. The molecule has 2 heterocycles. The lowest BCUT2D eigenvalue weighted by molar-refractivity contribution is 0.0509. The van der Waals surface area contributed by atoms with E-state index in [0.29, 0.717) is 24.8 Å². The quantitative estimate of drug-likeness (QED) is 0.681. The van der Waals surface area contributed by atoms with Crippen LogP contribution in [0.2, 0.25) is 0 Å². The summed E-state index contributed by atoms with van der Waals surface area (Å²) in [5, 5.41) is 2.05. The van der Waals surface area contributed by atoms with E-state index in [0.717, 1.165) is 38.0 Å². The highest BCUT2D eigenvalue weighted by molar-refractivity contribution is 7.09. The molecule has 1 unspecified atom stereocenters. The van der Waals surface area contributed by atoms with Gasteiger partial charge >= 0.3 is 0 Å². The van der Waals surface area contributed by atoms with Crippen molar-refractivity contribution in [2.24, 2.45) is 0 Å². The molecule has 1 aliphatic carbocycles. The zero-order chi connectivity index (χ0) is 18.5. The van der Waals surface area contributed by atoms with Crippen molar-refractivity contribution in [1.82, 2.24) is 4.90 Å². The second-order valence-electron chi connectivity index (χ2n) is 7.45. The molecule has 4 nitrogen and oxygen atoms in total. The Morgan fingerprint density at radius 1 is 1.11 bits per heavy atom. The standard InChI is InChI=1S/C22H27NO3S/c24-22(17-9-11-19(12-10-17)26-18-5-1-2-6-18)23(15-20-7-3-13-25-20)16-21-8-4-14-27-21/h4,8-12,14,18,20H,1-3,5-7,13,15-16H2. The Labute approximate surface area is 165 Å². The molecule has 1 atom stereocenters. The van der Waals surface area contributed by atoms with Crippen LogP contribution in [0.4, 0.5) is 0 Å². The molecule has 1 aliphatic heterocycles. The highest BCUT2D eigenvalue weighted by Gasteiger charge is 2.24. The fourth-order valence-electron chi connectivity index (χ4n) is 3.90. The molecule has 2 aromatic rings. The van der Waals surface area contributed by atoms with Crippen LogP contribution in [-0.2, 0) is 11.3 Å². The molecular weight excluding hydrogens is 358 g/mol. The molecule has 1 saturated carbocycles. The second kappa shape index (κ2) is 8.89. The van der Waals surface area contributed by atoms with Gasteiger partial charge in [-0.1, -0.05) is 6.07 Å². The fourth-order valence-corrected chi connectivity index (χ4v) is 4.62. The Bertz CT molecular complexity index is 717. The number of ether oxygens (including phenoxy) is 2. The van der Waals surface area contributed by atoms with Gasteiger partial charge in [-0.3, -0.25) is 4.79 Å². The summed E-state index contributed by atoms with van der Waals surface area (Å²) in [7, 11) is 0. The Morgan fingerprint density at radius 3 is 2.59 bits per heavy atom. The van der Waals surface area contributed by atoms with Crippen molar-refractivity contribution < 1.29 is 14.3 Å². The summed E-state index contributed by atoms with van der Waals surface area (Å²) in [4.78, 5) is 16.3. The van der Waals surface area contributed by atoms with E-state index >= 15 is 0 Å². The Kier molecular flexibility index (Phi) is 6.10. The van der Waals surface area contributed by atoms with Crippen molar-refractivity contribution >= 4 is 17.2 Å². The highest BCUT2D eigenvalue weighted by Crippen LogP contribution is 2.25. The van der Waals surface area contributed by atoms with Crippen LogP contribution in [0.15, 0.2) is 41.8 Å². The average Bonchev–Trinajstić information content (AvgIpc) is 3.45. The van der Waals surface area contributed by atoms with Crippen molar-refractivity contribution in [2.75, 3.05) is 13.2 Å². The van der Waals surface area contributed by atoms with E-state index in [1.807, 2.05) is 35.2 Å². The Hall–Kier alpha value is -1.85. The highest BCUT2D eigenvalue weighted by atomic mass is 32.1. The number of hydrogen-bond donors (Lipinski definition) is 0. The van der Waals surface area contributed by atoms with Gasteiger partial charge in [-0.2, -0.15) is 0 Å². The summed E-state index contributed by atoms with van der Waals surface area (Å²) in [6, 6.07) is 11.8. The van der Waals surface area contributed by atoms with Crippen LogP contribution >= 0.6 is 11.3 Å². The van der Waals surface area contributed by atoms with Crippen LogP contribution in [0.3, 0.4) is 0 Å². The van der Waals surface area contributed by atoms with E-state index in [1.165, 1.54) is 17.7 Å². The minimum atomic E-state index is 0.0614. The minimum Gasteiger partial charge on any atom is -0.490 e. The van der Waals surface area contributed by atoms with Crippen molar-refractivity contribution in [2.45, 2.75) is 57.3 Å². The lowest BCUT2D eigenvalue weighted by Crippen LogP contribution is -2.36. The van der Waals surface area contributed by atoms with Gasteiger partial charge in [0.2, 0.25) is 0 Å². The van der Waals surface area contributed by atoms with Gasteiger partial charge in [0, 0.05) is 23.6 Å². The third-order valence-electron chi connectivity index (χ3n) is 5.37.